The van der Waals surface area contributed by atoms with E-state index in [0.717, 1.165) is 5.56 Å². The predicted molar refractivity (Wildman–Crippen MR) is 51.8 cm³/mol. The first-order valence-electron chi connectivity index (χ1n) is 4.12. The zero-order chi connectivity index (χ0) is 10.1. The van der Waals surface area contributed by atoms with Crippen LogP contribution < -0.4 is 5.43 Å². The molecule has 0 fully saturated rings. The summed E-state index contributed by atoms with van der Waals surface area (Å²) in [5.74, 6) is 0. The van der Waals surface area contributed by atoms with Crippen LogP contribution in [0.25, 0.3) is 10.9 Å². The fourth-order valence-corrected chi connectivity index (χ4v) is 1.37. The van der Waals surface area contributed by atoms with Crippen LogP contribution in [0.2, 0.25) is 0 Å². The molecule has 2 aromatic rings. The third-order valence-corrected chi connectivity index (χ3v) is 2.12. The number of nitriles is 1. The van der Waals surface area contributed by atoms with Crippen molar-refractivity contribution in [3.63, 3.8) is 0 Å². The van der Waals surface area contributed by atoms with Gasteiger partial charge in [-0.05, 0) is 18.6 Å². The second-order valence-electron chi connectivity index (χ2n) is 3.01. The molecular formula is C10H7N3O. The summed E-state index contributed by atoms with van der Waals surface area (Å²) in [4.78, 5) is 11.6. The molecular weight excluding hydrogens is 178 g/mol. The molecule has 0 atom stereocenters. The molecule has 0 saturated carbocycles. The third kappa shape index (κ3) is 1.07. The molecule has 0 unspecified atom stereocenters. The molecule has 0 aliphatic carbocycles. The van der Waals surface area contributed by atoms with Crippen LogP contribution in [-0.2, 0) is 0 Å². The molecule has 1 aromatic carbocycles. The van der Waals surface area contributed by atoms with Gasteiger partial charge in [0.25, 0.3) is 0 Å². The van der Waals surface area contributed by atoms with Crippen LogP contribution in [0.5, 0.6) is 0 Å². The molecule has 0 amide bonds. The van der Waals surface area contributed by atoms with Crippen molar-refractivity contribution in [3.05, 3.63) is 39.7 Å². The minimum absolute atomic E-state index is 0.0944. The van der Waals surface area contributed by atoms with Gasteiger partial charge in [-0.3, -0.25) is 9.89 Å². The van der Waals surface area contributed by atoms with E-state index < -0.39 is 0 Å². The van der Waals surface area contributed by atoms with Gasteiger partial charge in [0.15, 0.2) is 0 Å². The van der Waals surface area contributed by atoms with E-state index in [-0.39, 0.29) is 11.1 Å². The Labute approximate surface area is 79.8 Å². The van der Waals surface area contributed by atoms with E-state index in [1.54, 1.807) is 18.2 Å². The molecule has 1 aromatic heterocycles. The molecule has 68 valence electrons. The second-order valence-corrected chi connectivity index (χ2v) is 3.01. The highest BCUT2D eigenvalue weighted by Crippen LogP contribution is 2.10. The minimum atomic E-state index is -0.315. The first-order chi connectivity index (χ1) is 6.74. The normalized spacial score (nSPS) is 10.0. The van der Waals surface area contributed by atoms with Gasteiger partial charge in [0, 0.05) is 0 Å². The van der Waals surface area contributed by atoms with Crippen molar-refractivity contribution in [2.24, 2.45) is 0 Å². The quantitative estimate of drug-likeness (QED) is 0.668. The summed E-state index contributed by atoms with van der Waals surface area (Å²) in [6.45, 7) is 1.88. The first kappa shape index (κ1) is 8.45. The number of nitrogens with zero attached hydrogens (tertiary/aromatic N) is 2. The molecule has 1 N–H and O–H groups in total. The van der Waals surface area contributed by atoms with E-state index in [0.29, 0.717) is 10.9 Å². The zero-order valence-corrected chi connectivity index (χ0v) is 7.53. The zero-order valence-electron chi connectivity index (χ0n) is 7.53. The number of H-pyrrole nitrogens is 1. The summed E-state index contributed by atoms with van der Waals surface area (Å²) in [6, 6.07) is 7.10. The molecule has 0 aliphatic rings. The average molecular weight is 185 g/mol. The van der Waals surface area contributed by atoms with Gasteiger partial charge in [0.05, 0.1) is 10.9 Å². The topological polar surface area (TPSA) is 69.5 Å². The van der Waals surface area contributed by atoms with E-state index in [1.807, 2.05) is 13.0 Å². The van der Waals surface area contributed by atoms with Crippen molar-refractivity contribution in [2.45, 2.75) is 6.92 Å². The molecule has 0 aliphatic heterocycles. The lowest BCUT2D eigenvalue weighted by Crippen LogP contribution is -2.10. The Bertz CT molecular complexity index is 592. The Balaban J connectivity index is 3.00. The van der Waals surface area contributed by atoms with Crippen LogP contribution in [-0.4, -0.2) is 10.2 Å². The van der Waals surface area contributed by atoms with E-state index in [1.165, 1.54) is 0 Å². The Morgan fingerprint density at radius 1 is 1.50 bits per heavy atom. The number of fused-ring (bicyclic) bond motifs is 1. The summed E-state index contributed by atoms with van der Waals surface area (Å²) < 4.78 is 0. The predicted octanol–water partition coefficient (Wildman–Crippen LogP) is 1.10. The van der Waals surface area contributed by atoms with Crippen molar-refractivity contribution in [3.8, 4) is 6.07 Å². The largest absolute Gasteiger partial charge is 0.286 e. The average Bonchev–Trinajstić information content (AvgIpc) is 2.20. The number of rotatable bonds is 0. The van der Waals surface area contributed by atoms with Gasteiger partial charge in [0.2, 0.25) is 11.1 Å². The van der Waals surface area contributed by atoms with Crippen molar-refractivity contribution >= 4 is 10.9 Å². The van der Waals surface area contributed by atoms with Gasteiger partial charge >= 0.3 is 0 Å². The van der Waals surface area contributed by atoms with Crippen LogP contribution in [0, 0.1) is 18.3 Å². The maximum atomic E-state index is 11.6. The van der Waals surface area contributed by atoms with Crippen molar-refractivity contribution in [1.29, 1.82) is 5.26 Å². The third-order valence-electron chi connectivity index (χ3n) is 2.12. The SMILES string of the molecule is Cc1cccc2c(=O)c(C#N)n[nH]c12. The fourth-order valence-electron chi connectivity index (χ4n) is 1.37. The number of benzene rings is 1. The summed E-state index contributed by atoms with van der Waals surface area (Å²) in [6.07, 6.45) is 0. The molecule has 0 radical (unpaired) electrons. The van der Waals surface area contributed by atoms with Gasteiger partial charge in [0.1, 0.15) is 6.07 Å². The summed E-state index contributed by atoms with van der Waals surface area (Å²) >= 11 is 0. The molecule has 0 saturated heterocycles. The van der Waals surface area contributed by atoms with Crippen molar-refractivity contribution < 1.29 is 0 Å². The van der Waals surface area contributed by atoms with Crippen molar-refractivity contribution in [1.82, 2.24) is 10.2 Å². The molecule has 4 heteroatoms. The fraction of sp³-hybridized carbons (Fsp3) is 0.100. The number of para-hydroxylation sites is 1. The van der Waals surface area contributed by atoms with Crippen LogP contribution in [0.1, 0.15) is 11.3 Å². The Hall–Kier alpha value is -2.15. The Morgan fingerprint density at radius 3 is 3.00 bits per heavy atom. The molecule has 14 heavy (non-hydrogen) atoms. The molecule has 0 bridgehead atoms. The number of aromatic amines is 1. The highest BCUT2D eigenvalue weighted by atomic mass is 16.1. The summed E-state index contributed by atoms with van der Waals surface area (Å²) in [5.41, 5.74) is 1.22. The molecule has 2 rings (SSSR count). The molecule has 4 nitrogen and oxygen atoms in total. The van der Waals surface area contributed by atoms with E-state index in [9.17, 15) is 4.79 Å². The van der Waals surface area contributed by atoms with Gasteiger partial charge < -0.3 is 0 Å². The van der Waals surface area contributed by atoms with Gasteiger partial charge in [-0.25, -0.2) is 0 Å². The Kier molecular flexibility index (Phi) is 1.79. The maximum Gasteiger partial charge on any atom is 0.226 e. The van der Waals surface area contributed by atoms with Crippen LogP contribution in [0.4, 0.5) is 0 Å². The van der Waals surface area contributed by atoms with Gasteiger partial charge in [-0.15, -0.1) is 0 Å². The first-order valence-corrected chi connectivity index (χ1v) is 4.12. The Morgan fingerprint density at radius 2 is 2.29 bits per heavy atom. The van der Waals surface area contributed by atoms with Crippen molar-refractivity contribution in [2.75, 3.05) is 0 Å². The maximum absolute atomic E-state index is 11.6. The van der Waals surface area contributed by atoms with Gasteiger partial charge in [-0.2, -0.15) is 10.4 Å². The summed E-state index contributed by atoms with van der Waals surface area (Å²) in [7, 11) is 0. The highest BCUT2D eigenvalue weighted by Gasteiger charge is 2.06. The van der Waals surface area contributed by atoms with Crippen LogP contribution in [0.3, 0.4) is 0 Å². The number of hydrogen-bond acceptors (Lipinski definition) is 3. The smallest absolute Gasteiger partial charge is 0.226 e. The van der Waals surface area contributed by atoms with E-state index >= 15 is 0 Å². The lowest BCUT2D eigenvalue weighted by molar-refractivity contribution is 1.03. The van der Waals surface area contributed by atoms with E-state index in [4.69, 9.17) is 5.26 Å². The minimum Gasteiger partial charge on any atom is -0.286 e. The van der Waals surface area contributed by atoms with E-state index in [2.05, 4.69) is 10.2 Å². The van der Waals surface area contributed by atoms with Crippen LogP contribution in [0.15, 0.2) is 23.0 Å². The lowest BCUT2D eigenvalue weighted by atomic mass is 10.1. The highest BCUT2D eigenvalue weighted by molar-refractivity contribution is 5.81. The standard InChI is InChI=1S/C10H7N3O/c1-6-3-2-4-7-9(6)13-12-8(5-11)10(7)14/h2-4H,1H3,(H,13,14). The summed E-state index contributed by atoms with van der Waals surface area (Å²) in [5, 5.41) is 15.5. The number of aromatic nitrogens is 2. The number of nitrogens with one attached hydrogen (secondary N) is 1. The van der Waals surface area contributed by atoms with Gasteiger partial charge in [-0.1, -0.05) is 12.1 Å². The molecule has 1 heterocycles. The monoisotopic (exact) mass is 185 g/mol. The second kappa shape index (κ2) is 2.96. The number of aryl methyl sites for hydroxylation is 1. The number of hydrogen-bond donors (Lipinski definition) is 1. The molecule has 0 spiro atoms. The lowest BCUT2D eigenvalue weighted by Gasteiger charge is -1.99. The van der Waals surface area contributed by atoms with Crippen LogP contribution >= 0.6 is 0 Å².